The van der Waals surface area contributed by atoms with Crippen LogP contribution in [0.1, 0.15) is 31.4 Å². The van der Waals surface area contributed by atoms with Gasteiger partial charge in [0, 0.05) is 24.8 Å². The van der Waals surface area contributed by atoms with E-state index in [1.54, 1.807) is 0 Å². The summed E-state index contributed by atoms with van der Waals surface area (Å²) in [6.45, 7) is 10.6. The first kappa shape index (κ1) is 16.0. The summed E-state index contributed by atoms with van der Waals surface area (Å²) in [6, 6.07) is 6.33. The lowest BCUT2D eigenvalue weighted by atomic mass is 9.80. The fourth-order valence-electron chi connectivity index (χ4n) is 2.88. The number of nitrogens with zero attached hydrogens (tertiary/aromatic N) is 1. The van der Waals surface area contributed by atoms with Gasteiger partial charge >= 0.3 is 0 Å². The average molecular weight is 289 g/mol. The van der Waals surface area contributed by atoms with Gasteiger partial charge in [0.15, 0.2) is 0 Å². The van der Waals surface area contributed by atoms with E-state index in [1.807, 2.05) is 26.0 Å². The van der Waals surface area contributed by atoms with Crippen LogP contribution in [0.2, 0.25) is 0 Å². The van der Waals surface area contributed by atoms with Crippen molar-refractivity contribution in [1.29, 1.82) is 0 Å². The zero-order valence-corrected chi connectivity index (χ0v) is 13.6. The van der Waals surface area contributed by atoms with Crippen molar-refractivity contribution >= 4 is 11.6 Å². The van der Waals surface area contributed by atoms with Crippen LogP contribution in [0.4, 0.5) is 5.69 Å². The van der Waals surface area contributed by atoms with Crippen molar-refractivity contribution in [1.82, 2.24) is 4.90 Å². The number of carbonyl (C=O) groups is 1. The van der Waals surface area contributed by atoms with E-state index in [9.17, 15) is 4.79 Å². The Labute approximate surface area is 127 Å². The maximum atomic E-state index is 12.3. The number of nitrogens with two attached hydrogens (primary N) is 1. The molecule has 1 aliphatic heterocycles. The lowest BCUT2D eigenvalue weighted by Gasteiger charge is -2.42. The van der Waals surface area contributed by atoms with Gasteiger partial charge < -0.3 is 11.1 Å². The number of piperidine rings is 1. The molecule has 0 bridgehead atoms. The summed E-state index contributed by atoms with van der Waals surface area (Å²) in [4.78, 5) is 14.5. The van der Waals surface area contributed by atoms with Gasteiger partial charge in [0.25, 0.3) is 0 Å². The number of hydrogen-bond acceptors (Lipinski definition) is 3. The molecule has 0 aromatic heterocycles. The van der Waals surface area contributed by atoms with Gasteiger partial charge in [0.1, 0.15) is 0 Å². The minimum Gasteiger partial charge on any atom is -0.327 e. The molecule has 0 radical (unpaired) electrons. The Morgan fingerprint density at radius 2 is 2.14 bits per heavy atom. The van der Waals surface area contributed by atoms with Crippen LogP contribution in [0.3, 0.4) is 0 Å². The summed E-state index contributed by atoms with van der Waals surface area (Å²) in [6.07, 6.45) is 0.948. The molecular formula is C17H27N3O. The van der Waals surface area contributed by atoms with Crippen LogP contribution in [-0.2, 0) is 4.79 Å². The first-order valence-electron chi connectivity index (χ1n) is 7.63. The Balaban J connectivity index is 1.95. The van der Waals surface area contributed by atoms with E-state index >= 15 is 0 Å². The van der Waals surface area contributed by atoms with Crippen molar-refractivity contribution in [2.24, 2.45) is 11.1 Å². The number of rotatable bonds is 3. The maximum absolute atomic E-state index is 12.3. The fraction of sp³-hybridized carbons (Fsp3) is 0.588. The van der Waals surface area contributed by atoms with Gasteiger partial charge in [-0.2, -0.15) is 0 Å². The quantitative estimate of drug-likeness (QED) is 0.897. The molecule has 1 aromatic carbocycles. The number of nitrogens with one attached hydrogen (secondary N) is 1. The Morgan fingerprint density at radius 1 is 1.43 bits per heavy atom. The van der Waals surface area contributed by atoms with Crippen LogP contribution < -0.4 is 11.1 Å². The number of carbonyl (C=O) groups excluding carboxylic acids is 1. The highest BCUT2D eigenvalue weighted by molar-refractivity contribution is 5.93. The second-order valence-corrected chi connectivity index (χ2v) is 6.96. The van der Waals surface area contributed by atoms with Gasteiger partial charge in [-0.1, -0.05) is 26.0 Å². The molecule has 1 fully saturated rings. The first-order chi connectivity index (χ1) is 9.78. The highest BCUT2D eigenvalue weighted by atomic mass is 16.2. The van der Waals surface area contributed by atoms with Crippen LogP contribution in [0, 0.1) is 19.3 Å². The molecule has 1 heterocycles. The molecule has 1 aromatic rings. The van der Waals surface area contributed by atoms with Crippen LogP contribution in [0.5, 0.6) is 0 Å². The minimum absolute atomic E-state index is 0.0509. The molecule has 2 rings (SSSR count). The largest absolute Gasteiger partial charge is 0.327 e. The molecule has 4 heteroatoms. The average Bonchev–Trinajstić information content (AvgIpc) is 2.38. The van der Waals surface area contributed by atoms with E-state index in [-0.39, 0.29) is 17.4 Å². The number of anilines is 1. The zero-order valence-electron chi connectivity index (χ0n) is 13.6. The normalized spacial score (nSPS) is 22.0. The topological polar surface area (TPSA) is 58.4 Å². The van der Waals surface area contributed by atoms with E-state index in [4.69, 9.17) is 5.73 Å². The standard InChI is InChI=1S/C17H27N3O/c1-12-5-6-13(2)14(9-12)19-16(21)10-20-8-7-15(18)17(3,4)11-20/h5-6,9,15H,7-8,10-11,18H2,1-4H3,(H,19,21). The van der Waals surface area contributed by atoms with Gasteiger partial charge in [0.05, 0.1) is 6.54 Å². The summed E-state index contributed by atoms with van der Waals surface area (Å²) < 4.78 is 0. The summed E-state index contributed by atoms with van der Waals surface area (Å²) in [5.74, 6) is 0.0509. The highest BCUT2D eigenvalue weighted by Crippen LogP contribution is 2.27. The van der Waals surface area contributed by atoms with Crippen LogP contribution in [-0.4, -0.2) is 36.5 Å². The summed E-state index contributed by atoms with van der Waals surface area (Å²) in [5.41, 5.74) is 9.36. The molecule has 116 valence electrons. The minimum atomic E-state index is 0.0509. The van der Waals surface area contributed by atoms with Gasteiger partial charge in [0.2, 0.25) is 5.91 Å². The Hall–Kier alpha value is -1.39. The number of likely N-dealkylation sites (tertiary alicyclic amines) is 1. The predicted octanol–water partition coefficient (Wildman–Crippen LogP) is 2.30. The molecule has 1 atom stereocenters. The zero-order chi connectivity index (χ0) is 15.6. The molecule has 3 N–H and O–H groups in total. The Morgan fingerprint density at radius 3 is 2.81 bits per heavy atom. The van der Waals surface area contributed by atoms with Crippen LogP contribution >= 0.6 is 0 Å². The third-order valence-electron chi connectivity index (χ3n) is 4.43. The molecule has 0 saturated carbocycles. The van der Waals surface area contributed by atoms with Crippen molar-refractivity contribution in [3.8, 4) is 0 Å². The van der Waals surface area contributed by atoms with Crippen molar-refractivity contribution in [2.45, 2.75) is 40.2 Å². The van der Waals surface area contributed by atoms with Crippen LogP contribution in [0.25, 0.3) is 0 Å². The van der Waals surface area contributed by atoms with E-state index < -0.39 is 0 Å². The van der Waals surface area contributed by atoms with Crippen molar-refractivity contribution < 1.29 is 4.79 Å². The molecule has 4 nitrogen and oxygen atoms in total. The summed E-state index contributed by atoms with van der Waals surface area (Å²) in [7, 11) is 0. The van der Waals surface area contributed by atoms with Crippen LogP contribution in [0.15, 0.2) is 18.2 Å². The summed E-state index contributed by atoms with van der Waals surface area (Å²) in [5, 5.41) is 3.03. The molecule has 0 aliphatic carbocycles. The number of benzene rings is 1. The molecule has 0 spiro atoms. The highest BCUT2D eigenvalue weighted by Gasteiger charge is 2.33. The Kier molecular flexibility index (Phi) is 4.69. The first-order valence-corrected chi connectivity index (χ1v) is 7.63. The van der Waals surface area contributed by atoms with E-state index in [0.717, 1.165) is 36.3 Å². The third kappa shape index (κ3) is 4.05. The summed E-state index contributed by atoms with van der Waals surface area (Å²) >= 11 is 0. The molecular weight excluding hydrogens is 262 g/mol. The van der Waals surface area contributed by atoms with Gasteiger partial charge in [-0.25, -0.2) is 0 Å². The second-order valence-electron chi connectivity index (χ2n) is 6.96. The van der Waals surface area contributed by atoms with Crippen molar-refractivity contribution in [3.63, 3.8) is 0 Å². The third-order valence-corrected chi connectivity index (χ3v) is 4.43. The molecule has 21 heavy (non-hydrogen) atoms. The van der Waals surface area contributed by atoms with Gasteiger partial charge in [-0.3, -0.25) is 9.69 Å². The van der Waals surface area contributed by atoms with Crippen molar-refractivity contribution in [3.05, 3.63) is 29.3 Å². The molecule has 1 amide bonds. The van der Waals surface area contributed by atoms with E-state index in [2.05, 4.69) is 30.1 Å². The fourth-order valence-corrected chi connectivity index (χ4v) is 2.88. The number of aryl methyl sites for hydroxylation is 2. The van der Waals surface area contributed by atoms with E-state index in [1.165, 1.54) is 0 Å². The Bertz CT molecular complexity index is 525. The molecule has 1 aliphatic rings. The van der Waals surface area contributed by atoms with Crippen molar-refractivity contribution in [2.75, 3.05) is 25.0 Å². The number of amides is 1. The lowest BCUT2D eigenvalue weighted by molar-refractivity contribution is -0.118. The maximum Gasteiger partial charge on any atom is 0.238 e. The molecule has 1 unspecified atom stereocenters. The smallest absolute Gasteiger partial charge is 0.238 e. The second kappa shape index (κ2) is 6.16. The van der Waals surface area contributed by atoms with Gasteiger partial charge in [-0.15, -0.1) is 0 Å². The monoisotopic (exact) mass is 289 g/mol. The predicted molar refractivity (Wildman–Crippen MR) is 87.4 cm³/mol. The SMILES string of the molecule is Cc1ccc(C)c(NC(=O)CN2CCC(N)C(C)(C)C2)c1. The van der Waals surface area contributed by atoms with Gasteiger partial charge in [-0.05, 0) is 42.9 Å². The molecule has 1 saturated heterocycles. The van der Waals surface area contributed by atoms with E-state index in [0.29, 0.717) is 6.54 Å². The number of hydrogen-bond donors (Lipinski definition) is 2. The lowest BCUT2D eigenvalue weighted by Crippen LogP contribution is -2.53.